The molecule has 1 fully saturated rings. The summed E-state index contributed by atoms with van der Waals surface area (Å²) in [4.78, 5) is 6.55. The number of halogens is 1. The quantitative estimate of drug-likeness (QED) is 0.618. The molecule has 0 aliphatic carbocycles. The Kier molecular flexibility index (Phi) is 4.13. The van der Waals surface area contributed by atoms with E-state index >= 15 is 0 Å². The Morgan fingerprint density at radius 1 is 1.33 bits per heavy atom. The van der Waals surface area contributed by atoms with Crippen LogP contribution in [0.3, 0.4) is 0 Å². The molecule has 152 valence electrons. The summed E-state index contributed by atoms with van der Waals surface area (Å²) in [5.41, 5.74) is 10.6. The van der Waals surface area contributed by atoms with E-state index in [1.54, 1.807) is 30.1 Å². The van der Waals surface area contributed by atoms with E-state index in [0.29, 0.717) is 17.9 Å². The van der Waals surface area contributed by atoms with E-state index in [0.717, 1.165) is 41.0 Å². The topological polar surface area (TPSA) is 93.0 Å². The van der Waals surface area contributed by atoms with Crippen LogP contribution in [-0.4, -0.2) is 27.4 Å². The Morgan fingerprint density at radius 2 is 2.17 bits per heavy atom. The number of anilines is 2. The van der Waals surface area contributed by atoms with E-state index in [9.17, 15) is 9.65 Å². The van der Waals surface area contributed by atoms with E-state index in [1.165, 1.54) is 12.1 Å². The van der Waals surface area contributed by atoms with Crippen LogP contribution in [0, 0.1) is 17.1 Å². The van der Waals surface area contributed by atoms with Crippen molar-refractivity contribution in [1.82, 2.24) is 14.8 Å². The van der Waals surface area contributed by atoms with E-state index in [4.69, 9.17) is 10.5 Å². The van der Waals surface area contributed by atoms with E-state index < -0.39 is 6.10 Å². The molecule has 2 aliphatic rings. The SMILES string of the molecule is CC1Oc2cc(cnc2N)-c2c(nn(C)c2C#N)CC2CCN2c2ccc(F)cc21. The minimum Gasteiger partial charge on any atom is -0.482 e. The second-order valence-electron chi connectivity index (χ2n) is 7.82. The van der Waals surface area contributed by atoms with Crippen molar-refractivity contribution in [2.45, 2.75) is 31.9 Å². The number of rotatable bonds is 0. The molecule has 1 saturated heterocycles. The Balaban J connectivity index is 1.73. The Bertz CT molecular complexity index is 1200. The minimum absolute atomic E-state index is 0.210. The second kappa shape index (κ2) is 6.73. The second-order valence-corrected chi connectivity index (χ2v) is 7.82. The first-order valence-corrected chi connectivity index (χ1v) is 9.91. The summed E-state index contributed by atoms with van der Waals surface area (Å²) in [5, 5.41) is 14.4. The van der Waals surface area contributed by atoms with Crippen molar-refractivity contribution >= 4 is 11.5 Å². The lowest BCUT2D eigenvalue weighted by atomic mass is 9.91. The van der Waals surface area contributed by atoms with Crippen LogP contribution in [0.25, 0.3) is 11.1 Å². The molecule has 1 aromatic carbocycles. The van der Waals surface area contributed by atoms with Crippen LogP contribution in [0.2, 0.25) is 0 Å². The summed E-state index contributed by atoms with van der Waals surface area (Å²) in [6.45, 7) is 2.75. The zero-order valence-electron chi connectivity index (χ0n) is 16.8. The lowest BCUT2D eigenvalue weighted by Crippen LogP contribution is -2.49. The fourth-order valence-electron chi connectivity index (χ4n) is 4.40. The molecule has 0 saturated carbocycles. The average Bonchev–Trinajstić information content (AvgIpc) is 3.02. The van der Waals surface area contributed by atoms with Gasteiger partial charge in [-0.15, -0.1) is 0 Å². The number of nitrogens with zero attached hydrogens (tertiary/aromatic N) is 5. The van der Waals surface area contributed by atoms with E-state index in [1.807, 2.05) is 6.92 Å². The Morgan fingerprint density at radius 3 is 2.90 bits per heavy atom. The van der Waals surface area contributed by atoms with Gasteiger partial charge in [0.25, 0.3) is 0 Å². The zero-order valence-corrected chi connectivity index (χ0v) is 16.8. The molecule has 7 nitrogen and oxygen atoms in total. The Labute approximate surface area is 173 Å². The molecule has 0 amide bonds. The number of hydrogen-bond donors (Lipinski definition) is 1. The van der Waals surface area contributed by atoms with Gasteiger partial charge in [0.15, 0.2) is 11.6 Å². The number of ether oxygens (including phenoxy) is 1. The maximum atomic E-state index is 14.1. The molecule has 3 aromatic rings. The van der Waals surface area contributed by atoms with Gasteiger partial charge in [-0.1, -0.05) is 0 Å². The van der Waals surface area contributed by atoms with Gasteiger partial charge >= 0.3 is 0 Å². The third-order valence-electron chi connectivity index (χ3n) is 6.01. The molecule has 2 atom stereocenters. The molecular formula is C22H21FN6O. The summed E-state index contributed by atoms with van der Waals surface area (Å²) in [7, 11) is 1.77. The highest BCUT2D eigenvalue weighted by atomic mass is 19.1. The molecule has 0 radical (unpaired) electrons. The van der Waals surface area contributed by atoms with Gasteiger partial charge < -0.3 is 15.4 Å². The lowest BCUT2D eigenvalue weighted by Gasteiger charge is -2.44. The summed E-state index contributed by atoms with van der Waals surface area (Å²) in [5.74, 6) is 0.333. The molecule has 5 rings (SSSR count). The summed E-state index contributed by atoms with van der Waals surface area (Å²) in [6, 6.07) is 9.06. The number of nitriles is 1. The predicted octanol–water partition coefficient (Wildman–Crippen LogP) is 3.35. The van der Waals surface area contributed by atoms with Crippen molar-refractivity contribution in [3.63, 3.8) is 0 Å². The van der Waals surface area contributed by atoms with Crippen molar-refractivity contribution in [1.29, 1.82) is 5.26 Å². The van der Waals surface area contributed by atoms with Crippen molar-refractivity contribution in [3.8, 4) is 22.9 Å². The van der Waals surface area contributed by atoms with Crippen LogP contribution < -0.4 is 15.4 Å². The molecule has 2 aromatic heterocycles. The highest BCUT2D eigenvalue weighted by molar-refractivity contribution is 5.74. The third-order valence-corrected chi connectivity index (χ3v) is 6.01. The van der Waals surface area contributed by atoms with Crippen LogP contribution in [0.4, 0.5) is 15.9 Å². The maximum absolute atomic E-state index is 14.1. The van der Waals surface area contributed by atoms with Crippen molar-refractivity contribution < 1.29 is 9.13 Å². The molecule has 0 spiro atoms. The number of nitrogen functional groups attached to an aromatic ring is 1. The molecular weight excluding hydrogens is 383 g/mol. The number of aromatic nitrogens is 3. The molecule has 2 unspecified atom stereocenters. The standard InChI is InChI=1S/C22H21FN6O/c1-12-16-8-14(23)3-4-18(16)29-6-5-15(29)9-17-21(19(10-24)28(2)27-17)13-7-20(30-12)22(25)26-11-13/h3-4,7-8,11-12,15H,5-6,9H2,1-2H3,(H2,25,26). The smallest absolute Gasteiger partial charge is 0.166 e. The number of nitrogens with two attached hydrogens (primary N) is 1. The molecule has 2 N–H and O–H groups in total. The first-order chi connectivity index (χ1) is 14.5. The summed E-state index contributed by atoms with van der Waals surface area (Å²) < 4.78 is 21.9. The molecule has 2 bridgehead atoms. The number of hydrogen-bond acceptors (Lipinski definition) is 6. The molecule has 8 heteroatoms. The van der Waals surface area contributed by atoms with Gasteiger partial charge in [-0.05, 0) is 37.6 Å². The largest absolute Gasteiger partial charge is 0.482 e. The van der Waals surface area contributed by atoms with Crippen molar-refractivity contribution in [2.24, 2.45) is 7.05 Å². The van der Waals surface area contributed by atoms with Gasteiger partial charge in [0, 0.05) is 54.6 Å². The first kappa shape index (κ1) is 18.4. The normalized spacial score (nSPS) is 19.7. The molecule has 30 heavy (non-hydrogen) atoms. The average molecular weight is 404 g/mol. The van der Waals surface area contributed by atoms with Crippen LogP contribution in [-0.2, 0) is 13.5 Å². The third kappa shape index (κ3) is 2.77. The molecule has 2 aliphatic heterocycles. The number of fused-ring (bicyclic) bond motifs is 7. The van der Waals surface area contributed by atoms with Crippen LogP contribution in [0.5, 0.6) is 5.75 Å². The van der Waals surface area contributed by atoms with Gasteiger partial charge in [0.1, 0.15) is 23.7 Å². The van der Waals surface area contributed by atoms with Gasteiger partial charge in [0.05, 0.1) is 5.69 Å². The summed E-state index contributed by atoms with van der Waals surface area (Å²) >= 11 is 0. The zero-order chi connectivity index (χ0) is 21.0. The first-order valence-electron chi connectivity index (χ1n) is 9.91. The number of benzene rings is 1. The van der Waals surface area contributed by atoms with E-state index in [-0.39, 0.29) is 17.7 Å². The number of pyridine rings is 1. The molecule has 4 heterocycles. The van der Waals surface area contributed by atoms with Crippen molar-refractivity contribution in [3.05, 3.63) is 53.2 Å². The summed E-state index contributed by atoms with van der Waals surface area (Å²) in [6.07, 6.45) is 2.89. The highest BCUT2D eigenvalue weighted by Crippen LogP contribution is 2.40. The highest BCUT2D eigenvalue weighted by Gasteiger charge is 2.34. The fraction of sp³-hybridized carbons (Fsp3) is 0.318. The van der Waals surface area contributed by atoms with Crippen LogP contribution in [0.15, 0.2) is 30.5 Å². The maximum Gasteiger partial charge on any atom is 0.166 e. The Hall–Kier alpha value is -3.60. The van der Waals surface area contributed by atoms with Crippen LogP contribution >= 0.6 is 0 Å². The van der Waals surface area contributed by atoms with Gasteiger partial charge in [-0.2, -0.15) is 10.4 Å². The predicted molar refractivity (Wildman–Crippen MR) is 110 cm³/mol. The van der Waals surface area contributed by atoms with Gasteiger partial charge in [-0.3, -0.25) is 4.68 Å². The monoisotopic (exact) mass is 404 g/mol. The van der Waals surface area contributed by atoms with Crippen molar-refractivity contribution in [2.75, 3.05) is 17.2 Å². The van der Waals surface area contributed by atoms with Crippen LogP contribution in [0.1, 0.15) is 36.4 Å². The number of aryl methyl sites for hydroxylation is 1. The fourth-order valence-corrected chi connectivity index (χ4v) is 4.40. The minimum atomic E-state index is -0.431. The lowest BCUT2D eigenvalue weighted by molar-refractivity contribution is 0.226. The van der Waals surface area contributed by atoms with E-state index in [2.05, 4.69) is 21.1 Å². The van der Waals surface area contributed by atoms with Gasteiger partial charge in [-0.25, -0.2) is 9.37 Å². The van der Waals surface area contributed by atoms with Gasteiger partial charge in [0.2, 0.25) is 0 Å².